The van der Waals surface area contributed by atoms with E-state index in [4.69, 9.17) is 4.74 Å². The Morgan fingerprint density at radius 3 is 2.83 bits per heavy atom. The first-order valence-corrected chi connectivity index (χ1v) is 5.02. The van der Waals surface area contributed by atoms with Crippen LogP contribution in [-0.2, 0) is 4.74 Å². The smallest absolute Gasteiger partial charge is 0.0638 e. The molecule has 2 heteroatoms. The van der Waals surface area contributed by atoms with E-state index in [1.807, 2.05) is 7.05 Å². The third-order valence-corrected chi connectivity index (χ3v) is 2.62. The zero-order valence-corrected chi connectivity index (χ0v) is 8.47. The normalized spacial score (nSPS) is 31.0. The highest BCUT2D eigenvalue weighted by molar-refractivity contribution is 4.78. The zero-order chi connectivity index (χ0) is 8.97. The summed E-state index contributed by atoms with van der Waals surface area (Å²) in [5.74, 6) is 1.38. The molecule has 72 valence electrons. The Labute approximate surface area is 75.7 Å². The number of hydrogen-bond donors (Lipinski definition) is 1. The van der Waals surface area contributed by atoms with Crippen LogP contribution in [0.3, 0.4) is 0 Å². The first-order chi connectivity index (χ1) is 5.75. The lowest BCUT2D eigenvalue weighted by Gasteiger charge is -2.34. The van der Waals surface area contributed by atoms with Gasteiger partial charge in [0.05, 0.1) is 6.10 Å². The van der Waals surface area contributed by atoms with E-state index in [1.165, 1.54) is 12.8 Å². The summed E-state index contributed by atoms with van der Waals surface area (Å²) in [5.41, 5.74) is 0. The molecule has 1 rings (SSSR count). The molecular formula is C10H21NO. The highest BCUT2D eigenvalue weighted by Crippen LogP contribution is 2.25. The molecule has 1 N–H and O–H groups in total. The fourth-order valence-electron chi connectivity index (χ4n) is 2.08. The number of nitrogens with one attached hydrogen (secondary N) is 1. The lowest BCUT2D eigenvalue weighted by molar-refractivity contribution is -0.0511. The quantitative estimate of drug-likeness (QED) is 0.697. The Hall–Kier alpha value is -0.0800. The summed E-state index contributed by atoms with van der Waals surface area (Å²) >= 11 is 0. The predicted octanol–water partition coefficient (Wildman–Crippen LogP) is 1.66. The summed E-state index contributed by atoms with van der Waals surface area (Å²) in [5, 5.41) is 3.24. The van der Waals surface area contributed by atoms with Crippen LogP contribution in [0.4, 0.5) is 0 Å². The molecule has 2 atom stereocenters. The van der Waals surface area contributed by atoms with Crippen molar-refractivity contribution in [2.75, 3.05) is 20.2 Å². The molecule has 0 spiro atoms. The molecule has 0 amide bonds. The van der Waals surface area contributed by atoms with Gasteiger partial charge < -0.3 is 10.1 Å². The van der Waals surface area contributed by atoms with Gasteiger partial charge in [-0.1, -0.05) is 13.8 Å². The van der Waals surface area contributed by atoms with Gasteiger partial charge in [-0.3, -0.25) is 0 Å². The molecule has 1 aliphatic rings. The van der Waals surface area contributed by atoms with Gasteiger partial charge in [-0.2, -0.15) is 0 Å². The van der Waals surface area contributed by atoms with Gasteiger partial charge in [0, 0.05) is 13.2 Å². The minimum Gasteiger partial charge on any atom is -0.378 e. The first-order valence-electron chi connectivity index (χ1n) is 5.02. The van der Waals surface area contributed by atoms with E-state index in [1.54, 1.807) is 0 Å². The van der Waals surface area contributed by atoms with Crippen molar-refractivity contribution in [3.8, 4) is 0 Å². The van der Waals surface area contributed by atoms with Crippen LogP contribution in [0.5, 0.6) is 0 Å². The standard InChI is InChI=1S/C10H21NO/c1-8(2)10-9(7-11-3)5-4-6-12-10/h8-11H,4-7H2,1-3H3. The Morgan fingerprint density at radius 2 is 2.25 bits per heavy atom. The molecule has 1 aliphatic heterocycles. The van der Waals surface area contributed by atoms with E-state index < -0.39 is 0 Å². The molecule has 0 aliphatic carbocycles. The van der Waals surface area contributed by atoms with E-state index in [0.29, 0.717) is 12.0 Å². The Kier molecular flexibility index (Phi) is 4.02. The summed E-state index contributed by atoms with van der Waals surface area (Å²) in [6.45, 7) is 6.56. The van der Waals surface area contributed by atoms with Crippen molar-refractivity contribution in [3.63, 3.8) is 0 Å². The molecular weight excluding hydrogens is 150 g/mol. The van der Waals surface area contributed by atoms with Crippen molar-refractivity contribution >= 4 is 0 Å². The Morgan fingerprint density at radius 1 is 1.50 bits per heavy atom. The maximum atomic E-state index is 5.76. The van der Waals surface area contributed by atoms with Gasteiger partial charge in [0.1, 0.15) is 0 Å². The average molecular weight is 171 g/mol. The van der Waals surface area contributed by atoms with Crippen LogP contribution in [0.1, 0.15) is 26.7 Å². The molecule has 1 saturated heterocycles. The molecule has 1 heterocycles. The number of ether oxygens (including phenoxy) is 1. The minimum atomic E-state index is 0.478. The summed E-state index contributed by atoms with van der Waals surface area (Å²) in [6.07, 6.45) is 3.03. The van der Waals surface area contributed by atoms with Crippen molar-refractivity contribution in [2.24, 2.45) is 11.8 Å². The zero-order valence-electron chi connectivity index (χ0n) is 8.47. The van der Waals surface area contributed by atoms with Crippen molar-refractivity contribution in [3.05, 3.63) is 0 Å². The maximum absolute atomic E-state index is 5.76. The second-order valence-corrected chi connectivity index (χ2v) is 4.04. The highest BCUT2D eigenvalue weighted by Gasteiger charge is 2.27. The van der Waals surface area contributed by atoms with Gasteiger partial charge in [0.15, 0.2) is 0 Å². The van der Waals surface area contributed by atoms with E-state index >= 15 is 0 Å². The van der Waals surface area contributed by atoms with E-state index in [2.05, 4.69) is 19.2 Å². The highest BCUT2D eigenvalue weighted by atomic mass is 16.5. The number of rotatable bonds is 3. The fraction of sp³-hybridized carbons (Fsp3) is 1.00. The molecule has 12 heavy (non-hydrogen) atoms. The summed E-state index contributed by atoms with van der Waals surface area (Å²) in [6, 6.07) is 0. The fourth-order valence-corrected chi connectivity index (χ4v) is 2.08. The molecule has 0 saturated carbocycles. The van der Waals surface area contributed by atoms with Gasteiger partial charge in [-0.15, -0.1) is 0 Å². The van der Waals surface area contributed by atoms with Crippen molar-refractivity contribution in [1.82, 2.24) is 5.32 Å². The maximum Gasteiger partial charge on any atom is 0.0638 e. The van der Waals surface area contributed by atoms with Crippen molar-refractivity contribution in [1.29, 1.82) is 0 Å². The largest absolute Gasteiger partial charge is 0.378 e. The van der Waals surface area contributed by atoms with Crippen LogP contribution in [0.25, 0.3) is 0 Å². The third-order valence-electron chi connectivity index (χ3n) is 2.62. The lowest BCUT2D eigenvalue weighted by Crippen LogP contribution is -2.38. The van der Waals surface area contributed by atoms with Crippen LogP contribution in [0, 0.1) is 11.8 Å². The molecule has 0 aromatic rings. The third kappa shape index (κ3) is 2.46. The van der Waals surface area contributed by atoms with Crippen LogP contribution in [0.15, 0.2) is 0 Å². The van der Waals surface area contributed by atoms with E-state index in [9.17, 15) is 0 Å². The molecule has 0 radical (unpaired) electrons. The second-order valence-electron chi connectivity index (χ2n) is 4.04. The van der Waals surface area contributed by atoms with Crippen LogP contribution >= 0.6 is 0 Å². The van der Waals surface area contributed by atoms with Gasteiger partial charge in [0.2, 0.25) is 0 Å². The monoisotopic (exact) mass is 171 g/mol. The SMILES string of the molecule is CNCC1CCCOC1C(C)C. The molecule has 0 bridgehead atoms. The van der Waals surface area contributed by atoms with Crippen LogP contribution in [0.2, 0.25) is 0 Å². The Bertz CT molecular complexity index is 123. The van der Waals surface area contributed by atoms with Gasteiger partial charge in [-0.25, -0.2) is 0 Å². The van der Waals surface area contributed by atoms with Gasteiger partial charge >= 0.3 is 0 Å². The predicted molar refractivity (Wildman–Crippen MR) is 51.2 cm³/mol. The molecule has 1 fully saturated rings. The Balaban J connectivity index is 2.42. The lowest BCUT2D eigenvalue weighted by atomic mass is 9.87. The minimum absolute atomic E-state index is 0.478. The summed E-state index contributed by atoms with van der Waals surface area (Å²) in [4.78, 5) is 0. The molecule has 0 aromatic heterocycles. The van der Waals surface area contributed by atoms with Crippen molar-refractivity contribution in [2.45, 2.75) is 32.8 Å². The van der Waals surface area contributed by atoms with Gasteiger partial charge in [-0.05, 0) is 31.7 Å². The molecule has 2 unspecified atom stereocenters. The van der Waals surface area contributed by atoms with E-state index in [0.717, 1.165) is 19.1 Å². The molecule has 2 nitrogen and oxygen atoms in total. The van der Waals surface area contributed by atoms with Crippen LogP contribution < -0.4 is 5.32 Å². The second kappa shape index (κ2) is 4.83. The number of hydrogen-bond acceptors (Lipinski definition) is 2. The first kappa shape index (κ1) is 10.0. The van der Waals surface area contributed by atoms with Crippen molar-refractivity contribution < 1.29 is 4.74 Å². The average Bonchev–Trinajstić information content (AvgIpc) is 2.05. The van der Waals surface area contributed by atoms with Gasteiger partial charge in [0.25, 0.3) is 0 Å². The topological polar surface area (TPSA) is 21.3 Å². The summed E-state index contributed by atoms with van der Waals surface area (Å²) in [7, 11) is 2.02. The van der Waals surface area contributed by atoms with E-state index in [-0.39, 0.29) is 0 Å². The van der Waals surface area contributed by atoms with Crippen LogP contribution in [-0.4, -0.2) is 26.3 Å². The summed E-state index contributed by atoms with van der Waals surface area (Å²) < 4.78 is 5.76. The molecule has 0 aromatic carbocycles.